The van der Waals surface area contributed by atoms with Gasteiger partial charge in [-0.3, -0.25) is 9.59 Å². The minimum Gasteiger partial charge on any atom is -0.481 e. The van der Waals surface area contributed by atoms with Crippen molar-refractivity contribution in [3.8, 4) is 0 Å². The number of allylic oxidation sites excluding steroid dienone is 2. The SMILES string of the molecule is CN(CCC(=O)O)C(=O)C1CC=CCC1c1nc2ccccc2s1. The van der Waals surface area contributed by atoms with Crippen LogP contribution < -0.4 is 0 Å². The number of fused-ring (bicyclic) bond motifs is 1. The molecule has 6 heteroatoms. The fourth-order valence-corrected chi connectivity index (χ4v) is 4.21. The number of aliphatic carboxylic acids is 1. The molecule has 0 saturated carbocycles. The Morgan fingerprint density at radius 2 is 2.04 bits per heavy atom. The second-order valence-electron chi connectivity index (χ2n) is 6.08. The highest BCUT2D eigenvalue weighted by Crippen LogP contribution is 2.39. The number of carbonyl (C=O) groups is 2. The Bertz CT molecular complexity index is 750. The average Bonchev–Trinajstić information content (AvgIpc) is 3.03. The average molecular weight is 344 g/mol. The van der Waals surface area contributed by atoms with Gasteiger partial charge in [0.25, 0.3) is 0 Å². The van der Waals surface area contributed by atoms with E-state index < -0.39 is 5.97 Å². The van der Waals surface area contributed by atoms with Crippen molar-refractivity contribution in [2.24, 2.45) is 5.92 Å². The number of hydrogen-bond donors (Lipinski definition) is 1. The van der Waals surface area contributed by atoms with Gasteiger partial charge in [0.05, 0.1) is 27.6 Å². The number of carboxylic acids is 1. The third-order valence-electron chi connectivity index (χ3n) is 4.41. The summed E-state index contributed by atoms with van der Waals surface area (Å²) in [5, 5.41) is 9.80. The van der Waals surface area contributed by atoms with Crippen LogP contribution in [0, 0.1) is 5.92 Å². The van der Waals surface area contributed by atoms with Gasteiger partial charge < -0.3 is 10.0 Å². The molecule has 0 spiro atoms. The smallest absolute Gasteiger partial charge is 0.305 e. The number of amides is 1. The largest absolute Gasteiger partial charge is 0.481 e. The summed E-state index contributed by atoms with van der Waals surface area (Å²) < 4.78 is 1.13. The van der Waals surface area contributed by atoms with E-state index in [1.54, 1.807) is 18.4 Å². The maximum absolute atomic E-state index is 12.8. The van der Waals surface area contributed by atoms with Gasteiger partial charge in [-0.25, -0.2) is 4.98 Å². The summed E-state index contributed by atoms with van der Waals surface area (Å²) in [7, 11) is 1.68. The molecule has 126 valence electrons. The van der Waals surface area contributed by atoms with Crippen LogP contribution in [0.2, 0.25) is 0 Å². The molecule has 2 aromatic rings. The Morgan fingerprint density at radius 1 is 1.29 bits per heavy atom. The van der Waals surface area contributed by atoms with E-state index in [1.165, 1.54) is 4.90 Å². The first-order chi connectivity index (χ1) is 11.6. The van der Waals surface area contributed by atoms with Gasteiger partial charge in [0, 0.05) is 19.5 Å². The molecule has 1 aliphatic carbocycles. The standard InChI is InChI=1S/C18H20N2O3S/c1-20(11-10-16(21)22)18(23)13-7-3-2-6-12(13)17-19-14-8-4-5-9-15(14)24-17/h2-5,8-9,12-13H,6-7,10-11H2,1H3,(H,21,22). The van der Waals surface area contributed by atoms with Crippen LogP contribution in [0.3, 0.4) is 0 Å². The Balaban J connectivity index is 1.81. The zero-order chi connectivity index (χ0) is 17.1. The lowest BCUT2D eigenvalue weighted by Gasteiger charge is -2.29. The van der Waals surface area contributed by atoms with Crippen molar-refractivity contribution in [1.29, 1.82) is 0 Å². The molecule has 3 rings (SSSR count). The molecule has 0 saturated heterocycles. The molecule has 2 atom stereocenters. The number of rotatable bonds is 5. The normalized spacial score (nSPS) is 20.2. The van der Waals surface area contributed by atoms with E-state index in [-0.39, 0.29) is 30.7 Å². The molecule has 1 aromatic carbocycles. The third kappa shape index (κ3) is 3.48. The van der Waals surface area contributed by atoms with E-state index in [2.05, 4.69) is 6.08 Å². The molecular weight excluding hydrogens is 324 g/mol. The zero-order valence-corrected chi connectivity index (χ0v) is 14.3. The van der Waals surface area contributed by atoms with Gasteiger partial charge >= 0.3 is 5.97 Å². The molecular formula is C18H20N2O3S. The Morgan fingerprint density at radius 3 is 2.79 bits per heavy atom. The maximum Gasteiger partial charge on any atom is 0.305 e. The number of benzene rings is 1. The predicted octanol–water partition coefficient (Wildman–Crippen LogP) is 3.28. The minimum atomic E-state index is -0.888. The first kappa shape index (κ1) is 16.6. The summed E-state index contributed by atoms with van der Waals surface area (Å²) in [6, 6.07) is 8.00. The molecule has 2 unspecified atom stereocenters. The van der Waals surface area contributed by atoms with Crippen LogP contribution in [0.4, 0.5) is 0 Å². The molecule has 1 heterocycles. The number of para-hydroxylation sites is 1. The van der Waals surface area contributed by atoms with Crippen molar-refractivity contribution in [1.82, 2.24) is 9.88 Å². The van der Waals surface area contributed by atoms with Crippen molar-refractivity contribution < 1.29 is 14.7 Å². The molecule has 0 fully saturated rings. The summed E-state index contributed by atoms with van der Waals surface area (Å²) in [5.41, 5.74) is 0.970. The molecule has 1 amide bonds. The van der Waals surface area contributed by atoms with Crippen molar-refractivity contribution in [2.75, 3.05) is 13.6 Å². The maximum atomic E-state index is 12.8. The van der Waals surface area contributed by atoms with Crippen LogP contribution in [0.5, 0.6) is 0 Å². The van der Waals surface area contributed by atoms with E-state index in [0.717, 1.165) is 21.6 Å². The molecule has 1 aliphatic rings. The summed E-state index contributed by atoms with van der Waals surface area (Å²) in [6.45, 7) is 0.237. The molecule has 5 nitrogen and oxygen atoms in total. The fourth-order valence-electron chi connectivity index (χ4n) is 3.07. The van der Waals surface area contributed by atoms with Gasteiger partial charge in [-0.2, -0.15) is 0 Å². The van der Waals surface area contributed by atoms with Gasteiger partial charge in [0.2, 0.25) is 5.91 Å². The second-order valence-corrected chi connectivity index (χ2v) is 7.14. The number of nitrogens with zero attached hydrogens (tertiary/aromatic N) is 2. The van der Waals surface area contributed by atoms with Crippen molar-refractivity contribution in [3.63, 3.8) is 0 Å². The highest BCUT2D eigenvalue weighted by atomic mass is 32.1. The first-order valence-corrected chi connectivity index (χ1v) is 8.85. The van der Waals surface area contributed by atoms with Gasteiger partial charge in [0.1, 0.15) is 0 Å². The summed E-state index contributed by atoms with van der Waals surface area (Å²) in [4.78, 5) is 29.8. The fraction of sp³-hybridized carbons (Fsp3) is 0.389. The highest BCUT2D eigenvalue weighted by Gasteiger charge is 2.33. The Labute approximate surface area is 144 Å². The van der Waals surface area contributed by atoms with Crippen LogP contribution in [0.15, 0.2) is 36.4 Å². The lowest BCUT2D eigenvalue weighted by Crippen LogP contribution is -2.37. The van der Waals surface area contributed by atoms with Crippen molar-refractivity contribution in [3.05, 3.63) is 41.4 Å². The van der Waals surface area contributed by atoms with E-state index in [9.17, 15) is 9.59 Å². The van der Waals surface area contributed by atoms with Gasteiger partial charge in [-0.15, -0.1) is 11.3 Å². The highest BCUT2D eigenvalue weighted by molar-refractivity contribution is 7.18. The predicted molar refractivity (Wildman–Crippen MR) is 94.1 cm³/mol. The topological polar surface area (TPSA) is 70.5 Å². The van der Waals surface area contributed by atoms with Crippen LogP contribution in [0.1, 0.15) is 30.2 Å². The summed E-state index contributed by atoms with van der Waals surface area (Å²) in [6.07, 6.45) is 5.59. The lowest BCUT2D eigenvalue weighted by molar-refractivity contribution is -0.139. The molecule has 0 aliphatic heterocycles. The van der Waals surface area contributed by atoms with Crippen LogP contribution in [0.25, 0.3) is 10.2 Å². The molecule has 0 bridgehead atoms. The van der Waals surface area contributed by atoms with Gasteiger partial charge in [0.15, 0.2) is 0 Å². The van der Waals surface area contributed by atoms with E-state index >= 15 is 0 Å². The number of thiazole rings is 1. The van der Waals surface area contributed by atoms with E-state index in [0.29, 0.717) is 6.42 Å². The Kier molecular flexibility index (Phi) is 4.94. The van der Waals surface area contributed by atoms with Crippen LogP contribution >= 0.6 is 11.3 Å². The van der Waals surface area contributed by atoms with Crippen molar-refractivity contribution >= 4 is 33.4 Å². The Hall–Kier alpha value is -2.21. The monoisotopic (exact) mass is 344 g/mol. The molecule has 1 N–H and O–H groups in total. The second kappa shape index (κ2) is 7.13. The lowest BCUT2D eigenvalue weighted by atomic mass is 9.82. The van der Waals surface area contributed by atoms with Gasteiger partial charge in [-0.1, -0.05) is 24.3 Å². The third-order valence-corrected chi connectivity index (χ3v) is 5.58. The van der Waals surface area contributed by atoms with E-state index in [4.69, 9.17) is 10.1 Å². The first-order valence-electron chi connectivity index (χ1n) is 8.03. The minimum absolute atomic E-state index is 0.00450. The van der Waals surface area contributed by atoms with Crippen LogP contribution in [-0.2, 0) is 9.59 Å². The van der Waals surface area contributed by atoms with Crippen LogP contribution in [-0.4, -0.2) is 40.5 Å². The molecule has 1 aromatic heterocycles. The molecule has 0 radical (unpaired) electrons. The number of carboxylic acid groups (broad SMARTS) is 1. The molecule has 24 heavy (non-hydrogen) atoms. The number of aromatic nitrogens is 1. The summed E-state index contributed by atoms with van der Waals surface area (Å²) in [5.74, 6) is -0.993. The summed E-state index contributed by atoms with van der Waals surface area (Å²) >= 11 is 1.65. The quantitative estimate of drug-likeness (QED) is 0.845. The number of hydrogen-bond acceptors (Lipinski definition) is 4. The van der Waals surface area contributed by atoms with E-state index in [1.807, 2.05) is 30.3 Å². The van der Waals surface area contributed by atoms with Crippen molar-refractivity contribution in [2.45, 2.75) is 25.2 Å². The zero-order valence-electron chi connectivity index (χ0n) is 13.5. The van der Waals surface area contributed by atoms with Gasteiger partial charge in [-0.05, 0) is 25.0 Å². The number of carbonyl (C=O) groups excluding carboxylic acids is 1.